The van der Waals surface area contributed by atoms with Crippen LogP contribution in [0.5, 0.6) is 5.75 Å². The van der Waals surface area contributed by atoms with Crippen molar-refractivity contribution in [1.82, 2.24) is 5.32 Å². The number of carbonyl (C=O) groups is 1. The SMILES string of the molecule is COc1ccc(CCC(=O)NC[C@](O)(c2ccccc2)C(F)(F)F)cc1. The number of methoxy groups -OCH3 is 1. The minimum atomic E-state index is -4.92. The molecule has 0 heterocycles. The number of ether oxygens (including phenoxy) is 1. The molecule has 4 nitrogen and oxygen atoms in total. The second-order valence-electron chi connectivity index (χ2n) is 5.85. The van der Waals surface area contributed by atoms with Crippen molar-refractivity contribution in [3.05, 3.63) is 65.7 Å². The van der Waals surface area contributed by atoms with Gasteiger partial charge in [0, 0.05) is 6.42 Å². The fraction of sp³-hybridized carbons (Fsp3) is 0.316. The van der Waals surface area contributed by atoms with Crippen molar-refractivity contribution < 1.29 is 27.8 Å². The van der Waals surface area contributed by atoms with Gasteiger partial charge in [0.1, 0.15) is 5.75 Å². The predicted octanol–water partition coefficient (Wildman–Crippen LogP) is 3.19. The van der Waals surface area contributed by atoms with Gasteiger partial charge < -0.3 is 15.2 Å². The van der Waals surface area contributed by atoms with Crippen LogP contribution in [0.25, 0.3) is 0 Å². The number of hydrogen-bond donors (Lipinski definition) is 2. The number of hydrogen-bond acceptors (Lipinski definition) is 3. The molecule has 2 rings (SSSR count). The highest BCUT2D eigenvalue weighted by atomic mass is 19.4. The molecule has 2 aromatic carbocycles. The van der Waals surface area contributed by atoms with E-state index in [4.69, 9.17) is 4.74 Å². The standard InChI is InChI=1S/C19H20F3NO3/c1-26-16-10-7-14(8-11-16)9-12-17(24)23-13-18(25,19(20,21)22)15-5-3-2-4-6-15/h2-8,10-11,25H,9,12-13H2,1H3,(H,23,24)/t18-/m0/s1. The van der Waals surface area contributed by atoms with E-state index in [9.17, 15) is 23.1 Å². The van der Waals surface area contributed by atoms with Gasteiger partial charge >= 0.3 is 6.18 Å². The van der Waals surface area contributed by atoms with E-state index in [1.807, 2.05) is 0 Å². The van der Waals surface area contributed by atoms with Crippen LogP contribution >= 0.6 is 0 Å². The Morgan fingerprint density at radius 3 is 2.23 bits per heavy atom. The van der Waals surface area contributed by atoms with E-state index in [0.717, 1.165) is 5.56 Å². The van der Waals surface area contributed by atoms with Crippen LogP contribution in [-0.2, 0) is 16.8 Å². The second-order valence-corrected chi connectivity index (χ2v) is 5.85. The van der Waals surface area contributed by atoms with Crippen molar-refractivity contribution >= 4 is 5.91 Å². The van der Waals surface area contributed by atoms with E-state index < -0.39 is 24.2 Å². The van der Waals surface area contributed by atoms with Crippen molar-refractivity contribution in [2.75, 3.05) is 13.7 Å². The molecule has 2 aromatic rings. The lowest BCUT2D eigenvalue weighted by Gasteiger charge is -2.31. The maximum atomic E-state index is 13.3. The number of halogens is 3. The van der Waals surface area contributed by atoms with Crippen molar-refractivity contribution in [3.8, 4) is 5.75 Å². The zero-order chi connectivity index (χ0) is 19.2. The number of alkyl halides is 3. The van der Waals surface area contributed by atoms with E-state index in [1.54, 1.807) is 30.3 Å². The Hall–Kier alpha value is -2.54. The average molecular weight is 367 g/mol. The summed E-state index contributed by atoms with van der Waals surface area (Å²) < 4.78 is 45.1. The summed E-state index contributed by atoms with van der Waals surface area (Å²) in [5, 5.41) is 12.3. The molecular weight excluding hydrogens is 347 g/mol. The smallest absolute Gasteiger partial charge is 0.423 e. The predicted molar refractivity (Wildman–Crippen MR) is 90.7 cm³/mol. The first kappa shape index (κ1) is 19.8. The maximum Gasteiger partial charge on any atom is 0.423 e. The Labute approximate surface area is 149 Å². The molecule has 0 bridgehead atoms. The normalized spacial score (nSPS) is 13.7. The van der Waals surface area contributed by atoms with E-state index in [1.165, 1.54) is 31.4 Å². The first-order valence-corrected chi connectivity index (χ1v) is 8.00. The molecule has 0 spiro atoms. The summed E-state index contributed by atoms with van der Waals surface area (Å²) in [5.41, 5.74) is -2.60. The summed E-state index contributed by atoms with van der Waals surface area (Å²) in [5.74, 6) is 0.107. The van der Waals surface area contributed by atoms with Gasteiger partial charge in [-0.2, -0.15) is 13.2 Å². The Morgan fingerprint density at radius 2 is 1.69 bits per heavy atom. The number of nitrogens with one attached hydrogen (secondary N) is 1. The molecule has 0 saturated carbocycles. The zero-order valence-electron chi connectivity index (χ0n) is 14.2. The highest BCUT2D eigenvalue weighted by molar-refractivity contribution is 5.76. The van der Waals surface area contributed by atoms with Crippen molar-refractivity contribution in [2.24, 2.45) is 0 Å². The lowest BCUT2D eigenvalue weighted by atomic mass is 9.93. The minimum absolute atomic E-state index is 0.00898. The van der Waals surface area contributed by atoms with Gasteiger partial charge in [-0.25, -0.2) is 0 Å². The lowest BCUT2D eigenvalue weighted by Crippen LogP contribution is -2.51. The third-order valence-electron chi connectivity index (χ3n) is 4.06. The maximum absolute atomic E-state index is 13.3. The quantitative estimate of drug-likeness (QED) is 0.790. The van der Waals surface area contributed by atoms with Crippen molar-refractivity contribution in [1.29, 1.82) is 0 Å². The average Bonchev–Trinajstić information content (AvgIpc) is 2.64. The Kier molecular flexibility index (Phi) is 6.26. The van der Waals surface area contributed by atoms with Gasteiger partial charge in [0.2, 0.25) is 11.5 Å². The molecule has 0 saturated heterocycles. The van der Waals surface area contributed by atoms with Crippen LogP contribution in [0.2, 0.25) is 0 Å². The first-order valence-electron chi connectivity index (χ1n) is 8.00. The van der Waals surface area contributed by atoms with Crippen LogP contribution in [0.1, 0.15) is 17.5 Å². The van der Waals surface area contributed by atoms with E-state index in [-0.39, 0.29) is 12.0 Å². The fourth-order valence-corrected chi connectivity index (χ4v) is 2.44. The molecule has 0 aromatic heterocycles. The van der Waals surface area contributed by atoms with Gasteiger partial charge in [-0.1, -0.05) is 42.5 Å². The molecule has 0 aliphatic rings. The van der Waals surface area contributed by atoms with Crippen LogP contribution in [0, 0.1) is 0 Å². The van der Waals surface area contributed by atoms with Crippen LogP contribution in [0.15, 0.2) is 54.6 Å². The molecule has 0 fully saturated rings. The van der Waals surface area contributed by atoms with Crippen molar-refractivity contribution in [3.63, 3.8) is 0 Å². The summed E-state index contributed by atoms with van der Waals surface area (Å²) in [4.78, 5) is 11.9. The van der Waals surface area contributed by atoms with Crippen LogP contribution in [0.4, 0.5) is 13.2 Å². The molecule has 26 heavy (non-hydrogen) atoms. The first-order chi connectivity index (χ1) is 12.3. The van der Waals surface area contributed by atoms with Gasteiger partial charge in [0.15, 0.2) is 0 Å². The molecule has 0 aliphatic heterocycles. The summed E-state index contributed by atoms with van der Waals surface area (Å²) in [6, 6.07) is 13.7. The number of aliphatic hydroxyl groups is 1. The van der Waals surface area contributed by atoms with E-state index in [2.05, 4.69) is 5.32 Å². The Balaban J connectivity index is 1.96. The van der Waals surface area contributed by atoms with Gasteiger partial charge in [0.25, 0.3) is 0 Å². The fourth-order valence-electron chi connectivity index (χ4n) is 2.44. The molecular formula is C19H20F3NO3. The van der Waals surface area contributed by atoms with Crippen LogP contribution < -0.4 is 10.1 Å². The molecule has 0 radical (unpaired) electrons. The molecule has 1 amide bonds. The highest BCUT2D eigenvalue weighted by Crippen LogP contribution is 2.38. The molecule has 7 heteroatoms. The summed E-state index contributed by atoms with van der Waals surface area (Å²) in [6.07, 6.45) is -4.54. The number of carbonyl (C=O) groups excluding carboxylic acids is 1. The van der Waals surface area contributed by atoms with E-state index in [0.29, 0.717) is 12.2 Å². The van der Waals surface area contributed by atoms with Crippen LogP contribution in [0.3, 0.4) is 0 Å². The number of amides is 1. The Bertz CT molecular complexity index is 717. The van der Waals surface area contributed by atoms with Crippen LogP contribution in [-0.4, -0.2) is 30.8 Å². The summed E-state index contributed by atoms with van der Waals surface area (Å²) in [6.45, 7) is -0.943. The number of aryl methyl sites for hydroxylation is 1. The molecule has 0 unspecified atom stereocenters. The van der Waals surface area contributed by atoms with Gasteiger partial charge in [0.05, 0.1) is 13.7 Å². The third kappa shape index (κ3) is 4.76. The zero-order valence-corrected chi connectivity index (χ0v) is 14.2. The number of rotatable bonds is 7. The van der Waals surface area contributed by atoms with Gasteiger partial charge in [-0.3, -0.25) is 4.79 Å². The Morgan fingerprint density at radius 1 is 1.08 bits per heavy atom. The molecule has 2 N–H and O–H groups in total. The summed E-state index contributed by atoms with van der Waals surface area (Å²) in [7, 11) is 1.54. The van der Waals surface area contributed by atoms with Crippen molar-refractivity contribution in [2.45, 2.75) is 24.6 Å². The molecule has 1 atom stereocenters. The second kappa shape index (κ2) is 8.23. The number of benzene rings is 2. The minimum Gasteiger partial charge on any atom is -0.497 e. The van der Waals surface area contributed by atoms with E-state index >= 15 is 0 Å². The molecule has 140 valence electrons. The lowest BCUT2D eigenvalue weighted by molar-refractivity contribution is -0.264. The van der Waals surface area contributed by atoms with Gasteiger partial charge in [-0.15, -0.1) is 0 Å². The van der Waals surface area contributed by atoms with Gasteiger partial charge in [-0.05, 0) is 29.7 Å². The summed E-state index contributed by atoms with van der Waals surface area (Å²) >= 11 is 0. The third-order valence-corrected chi connectivity index (χ3v) is 4.06. The monoisotopic (exact) mass is 367 g/mol. The highest BCUT2D eigenvalue weighted by Gasteiger charge is 2.55. The largest absolute Gasteiger partial charge is 0.497 e. The molecule has 0 aliphatic carbocycles. The topological polar surface area (TPSA) is 58.6 Å².